The smallest absolute Gasteiger partial charge is 0.148 e. The van der Waals surface area contributed by atoms with E-state index in [1.165, 1.54) is 18.2 Å². The van der Waals surface area contributed by atoms with Crippen LogP contribution >= 0.6 is 0 Å². The summed E-state index contributed by atoms with van der Waals surface area (Å²) in [5.74, 6) is -0.806. The first-order chi connectivity index (χ1) is 9.65. The van der Waals surface area contributed by atoms with Crippen molar-refractivity contribution in [2.45, 2.75) is 0 Å². The maximum atomic E-state index is 13.5. The topological polar surface area (TPSA) is 54.7 Å². The number of nitrogens with one attached hydrogen (secondary N) is 1. The van der Waals surface area contributed by atoms with Gasteiger partial charge >= 0.3 is 0 Å². The van der Waals surface area contributed by atoms with Crippen LogP contribution < -0.4 is 5.73 Å². The molecule has 0 saturated heterocycles. The molecule has 100 valence electrons. The largest absolute Gasteiger partial charge is 0.396 e. The first-order valence-electron chi connectivity index (χ1n) is 6.01. The fourth-order valence-electron chi connectivity index (χ4n) is 1.98. The summed E-state index contributed by atoms with van der Waals surface area (Å²) in [6.45, 7) is 0. The van der Waals surface area contributed by atoms with Crippen LogP contribution in [-0.2, 0) is 0 Å². The van der Waals surface area contributed by atoms with Gasteiger partial charge in [-0.15, -0.1) is 0 Å². The minimum absolute atomic E-state index is 0.0550. The zero-order valence-electron chi connectivity index (χ0n) is 10.4. The Morgan fingerprint density at radius 1 is 1.05 bits per heavy atom. The highest BCUT2D eigenvalue weighted by molar-refractivity contribution is 5.91. The van der Waals surface area contributed by atoms with E-state index in [2.05, 4.69) is 10.2 Å². The van der Waals surface area contributed by atoms with E-state index in [0.717, 1.165) is 0 Å². The number of rotatable bonds is 2. The lowest BCUT2D eigenvalue weighted by molar-refractivity contribution is 0.625. The Hall–Kier alpha value is -2.69. The lowest BCUT2D eigenvalue weighted by atomic mass is 10.1. The fraction of sp³-hybridized carbons (Fsp3) is 0. The number of anilines is 1. The van der Waals surface area contributed by atoms with Crippen molar-refractivity contribution in [2.75, 3.05) is 5.73 Å². The quantitative estimate of drug-likeness (QED) is 0.700. The van der Waals surface area contributed by atoms with Crippen LogP contribution in [0.25, 0.3) is 23.1 Å². The molecule has 20 heavy (non-hydrogen) atoms. The third-order valence-electron chi connectivity index (χ3n) is 3.04. The van der Waals surface area contributed by atoms with Gasteiger partial charge in [-0.05, 0) is 24.3 Å². The summed E-state index contributed by atoms with van der Waals surface area (Å²) in [6, 6.07) is 9.22. The van der Waals surface area contributed by atoms with Crippen molar-refractivity contribution in [3.63, 3.8) is 0 Å². The minimum Gasteiger partial charge on any atom is -0.396 e. The summed E-state index contributed by atoms with van der Waals surface area (Å²) in [4.78, 5) is 0. The van der Waals surface area contributed by atoms with E-state index in [-0.39, 0.29) is 11.5 Å². The molecule has 0 amide bonds. The van der Waals surface area contributed by atoms with Gasteiger partial charge in [-0.2, -0.15) is 5.10 Å². The van der Waals surface area contributed by atoms with E-state index >= 15 is 0 Å². The van der Waals surface area contributed by atoms with Crippen molar-refractivity contribution >= 4 is 28.7 Å². The van der Waals surface area contributed by atoms with E-state index in [1.54, 1.807) is 30.4 Å². The molecule has 3 aromatic rings. The number of aromatic amines is 1. The number of hydrogen-bond donors (Lipinski definition) is 2. The minimum atomic E-state index is -0.495. The van der Waals surface area contributed by atoms with Crippen molar-refractivity contribution in [1.82, 2.24) is 10.2 Å². The summed E-state index contributed by atoms with van der Waals surface area (Å²) in [5.41, 5.74) is 7.18. The summed E-state index contributed by atoms with van der Waals surface area (Å²) in [5, 5.41) is 7.47. The van der Waals surface area contributed by atoms with Crippen molar-refractivity contribution < 1.29 is 8.78 Å². The van der Waals surface area contributed by atoms with Gasteiger partial charge in [0.2, 0.25) is 0 Å². The highest BCUT2D eigenvalue weighted by atomic mass is 19.1. The molecule has 5 heteroatoms. The number of nitrogens with zero attached hydrogens (tertiary/aromatic N) is 1. The van der Waals surface area contributed by atoms with Gasteiger partial charge < -0.3 is 5.73 Å². The Morgan fingerprint density at radius 3 is 2.65 bits per heavy atom. The van der Waals surface area contributed by atoms with Crippen molar-refractivity contribution in [3.05, 3.63) is 59.3 Å². The van der Waals surface area contributed by atoms with Crippen molar-refractivity contribution in [2.24, 2.45) is 0 Å². The Balaban J connectivity index is 2.03. The second kappa shape index (κ2) is 4.77. The Bertz CT molecular complexity index is 806. The van der Waals surface area contributed by atoms with Crippen LogP contribution in [0.1, 0.15) is 11.3 Å². The molecule has 0 fully saturated rings. The van der Waals surface area contributed by atoms with Crippen LogP contribution in [0.2, 0.25) is 0 Å². The number of aromatic nitrogens is 2. The average molecular weight is 271 g/mol. The van der Waals surface area contributed by atoms with Crippen molar-refractivity contribution in [1.29, 1.82) is 0 Å². The van der Waals surface area contributed by atoms with Gasteiger partial charge in [-0.25, -0.2) is 8.78 Å². The number of nitrogen functional groups attached to an aromatic ring is 1. The molecule has 0 radical (unpaired) electrons. The molecule has 0 aliphatic rings. The summed E-state index contributed by atoms with van der Waals surface area (Å²) < 4.78 is 26.8. The molecule has 0 atom stereocenters. The van der Waals surface area contributed by atoms with Gasteiger partial charge in [0.25, 0.3) is 0 Å². The highest BCUT2D eigenvalue weighted by Crippen LogP contribution is 2.23. The van der Waals surface area contributed by atoms with Crippen LogP contribution in [0.3, 0.4) is 0 Å². The third-order valence-corrected chi connectivity index (χ3v) is 3.04. The van der Waals surface area contributed by atoms with Crippen LogP contribution in [0.5, 0.6) is 0 Å². The molecular formula is C15H11F2N3. The van der Waals surface area contributed by atoms with E-state index < -0.39 is 5.82 Å². The molecule has 0 unspecified atom stereocenters. The number of H-pyrrole nitrogens is 1. The summed E-state index contributed by atoms with van der Waals surface area (Å²) in [6.07, 6.45) is 3.28. The van der Waals surface area contributed by atoms with Crippen molar-refractivity contribution in [3.8, 4) is 0 Å². The molecule has 3 rings (SSSR count). The fourth-order valence-corrected chi connectivity index (χ4v) is 1.98. The predicted octanol–water partition coefficient (Wildman–Crippen LogP) is 3.59. The number of benzene rings is 2. The first kappa shape index (κ1) is 12.3. The van der Waals surface area contributed by atoms with E-state index in [0.29, 0.717) is 22.2 Å². The summed E-state index contributed by atoms with van der Waals surface area (Å²) >= 11 is 0. The SMILES string of the molecule is Nc1cc2c(C=Cc3ccccc3F)n[nH]c2cc1F. The molecule has 0 aliphatic carbocycles. The van der Waals surface area contributed by atoms with Crippen LogP contribution in [0, 0.1) is 11.6 Å². The van der Waals surface area contributed by atoms with E-state index in [4.69, 9.17) is 5.73 Å². The number of halogens is 2. The zero-order chi connectivity index (χ0) is 14.1. The monoisotopic (exact) mass is 271 g/mol. The van der Waals surface area contributed by atoms with Gasteiger partial charge in [0.1, 0.15) is 11.6 Å². The molecule has 1 heterocycles. The Labute approximate surface area is 113 Å². The summed E-state index contributed by atoms with van der Waals surface area (Å²) in [7, 11) is 0. The van der Waals surface area contributed by atoms with E-state index in [1.807, 2.05) is 0 Å². The van der Waals surface area contributed by atoms with Gasteiger partial charge in [0.15, 0.2) is 0 Å². The third kappa shape index (κ3) is 2.14. The molecule has 2 aromatic carbocycles. The molecule has 0 aliphatic heterocycles. The van der Waals surface area contributed by atoms with Gasteiger partial charge in [0.05, 0.1) is 16.9 Å². The molecular weight excluding hydrogens is 260 g/mol. The maximum Gasteiger partial charge on any atom is 0.148 e. The molecule has 3 nitrogen and oxygen atoms in total. The Kier molecular flexibility index (Phi) is 2.95. The lowest BCUT2D eigenvalue weighted by Crippen LogP contribution is -1.89. The normalized spacial score (nSPS) is 11.5. The van der Waals surface area contributed by atoms with E-state index in [9.17, 15) is 8.78 Å². The van der Waals surface area contributed by atoms with Crippen LogP contribution in [0.4, 0.5) is 14.5 Å². The average Bonchev–Trinajstić information content (AvgIpc) is 2.81. The second-order valence-electron chi connectivity index (χ2n) is 4.38. The number of fused-ring (bicyclic) bond motifs is 1. The van der Waals surface area contributed by atoms with Crippen LogP contribution in [0.15, 0.2) is 36.4 Å². The van der Waals surface area contributed by atoms with Crippen LogP contribution in [-0.4, -0.2) is 10.2 Å². The van der Waals surface area contributed by atoms with Gasteiger partial charge in [0, 0.05) is 17.0 Å². The number of hydrogen-bond acceptors (Lipinski definition) is 2. The Morgan fingerprint density at radius 2 is 1.85 bits per heavy atom. The molecule has 1 aromatic heterocycles. The zero-order valence-corrected chi connectivity index (χ0v) is 10.4. The molecule has 0 saturated carbocycles. The lowest BCUT2D eigenvalue weighted by Gasteiger charge is -1.97. The maximum absolute atomic E-state index is 13.5. The predicted molar refractivity (Wildman–Crippen MR) is 75.8 cm³/mol. The van der Waals surface area contributed by atoms with Gasteiger partial charge in [-0.1, -0.05) is 18.2 Å². The standard InChI is InChI=1S/C15H11F2N3/c16-11-4-2-1-3-9(11)5-6-14-10-7-13(18)12(17)8-15(10)20-19-14/h1-8H,18H2,(H,19,20). The second-order valence-corrected chi connectivity index (χ2v) is 4.38. The molecule has 0 spiro atoms. The first-order valence-corrected chi connectivity index (χ1v) is 6.01. The molecule has 0 bridgehead atoms. The van der Waals surface area contributed by atoms with Gasteiger partial charge in [-0.3, -0.25) is 5.10 Å². The number of nitrogens with two attached hydrogens (primary N) is 1. The molecule has 3 N–H and O–H groups in total. The highest BCUT2D eigenvalue weighted by Gasteiger charge is 2.07.